The van der Waals surface area contributed by atoms with Crippen molar-refractivity contribution in [3.63, 3.8) is 0 Å². The van der Waals surface area contributed by atoms with Gasteiger partial charge in [0.25, 0.3) is 0 Å². The predicted octanol–water partition coefficient (Wildman–Crippen LogP) is 2.71. The van der Waals surface area contributed by atoms with Crippen LogP contribution in [0.5, 0.6) is 0 Å². The third kappa shape index (κ3) is 4.28. The van der Waals surface area contributed by atoms with E-state index >= 15 is 0 Å². The fraction of sp³-hybridized carbons (Fsp3) is 0.714. The average Bonchev–Trinajstić information content (AvgIpc) is 3.01. The van der Waals surface area contributed by atoms with E-state index in [-0.39, 0.29) is 11.5 Å². The van der Waals surface area contributed by atoms with E-state index in [0.717, 1.165) is 12.1 Å². The molecule has 1 unspecified atom stereocenters. The lowest BCUT2D eigenvalue weighted by atomic mass is 9.89. The molecule has 0 spiro atoms. The lowest BCUT2D eigenvalue weighted by Crippen LogP contribution is -2.41. The SMILES string of the molecule is CC(NS(=O)(=O)c1cc(CNC2CC2)cs1)C(C)(C)C. The first kappa shape index (κ1) is 15.9. The van der Waals surface area contributed by atoms with Gasteiger partial charge in [0.15, 0.2) is 0 Å². The smallest absolute Gasteiger partial charge is 0.250 e. The summed E-state index contributed by atoms with van der Waals surface area (Å²) in [6.07, 6.45) is 2.47. The highest BCUT2D eigenvalue weighted by molar-refractivity contribution is 7.91. The zero-order valence-corrected chi connectivity index (χ0v) is 14.2. The maximum absolute atomic E-state index is 12.3. The Morgan fingerprint density at radius 3 is 2.60 bits per heavy atom. The highest BCUT2D eigenvalue weighted by Gasteiger charge is 2.27. The quantitative estimate of drug-likeness (QED) is 0.848. The number of thiophene rings is 1. The van der Waals surface area contributed by atoms with E-state index in [9.17, 15) is 8.42 Å². The highest BCUT2D eigenvalue weighted by Crippen LogP contribution is 2.25. The molecule has 0 aliphatic heterocycles. The molecule has 114 valence electrons. The number of hydrogen-bond acceptors (Lipinski definition) is 4. The van der Waals surface area contributed by atoms with Crippen molar-refractivity contribution in [1.82, 2.24) is 10.0 Å². The fourth-order valence-electron chi connectivity index (χ4n) is 1.60. The number of sulfonamides is 1. The number of nitrogens with one attached hydrogen (secondary N) is 2. The molecule has 0 bridgehead atoms. The van der Waals surface area contributed by atoms with Gasteiger partial charge in [0.2, 0.25) is 10.0 Å². The third-order valence-corrected chi connectivity index (χ3v) is 6.73. The van der Waals surface area contributed by atoms with E-state index in [1.165, 1.54) is 24.2 Å². The monoisotopic (exact) mass is 316 g/mol. The summed E-state index contributed by atoms with van der Waals surface area (Å²) in [5.74, 6) is 0. The van der Waals surface area contributed by atoms with Crippen LogP contribution >= 0.6 is 11.3 Å². The molecule has 1 saturated carbocycles. The average molecular weight is 316 g/mol. The summed E-state index contributed by atoms with van der Waals surface area (Å²) in [7, 11) is -3.40. The van der Waals surface area contributed by atoms with E-state index in [1.807, 2.05) is 33.1 Å². The van der Waals surface area contributed by atoms with Crippen LogP contribution in [0.3, 0.4) is 0 Å². The van der Waals surface area contributed by atoms with Crippen molar-refractivity contribution in [3.8, 4) is 0 Å². The van der Waals surface area contributed by atoms with Gasteiger partial charge in [-0.05, 0) is 42.2 Å². The second-order valence-electron chi connectivity index (χ2n) is 6.64. The van der Waals surface area contributed by atoms with Gasteiger partial charge in [0, 0.05) is 18.6 Å². The minimum atomic E-state index is -3.40. The van der Waals surface area contributed by atoms with E-state index in [2.05, 4.69) is 10.0 Å². The van der Waals surface area contributed by atoms with Gasteiger partial charge in [-0.25, -0.2) is 13.1 Å². The fourth-order valence-corrected chi connectivity index (χ4v) is 4.28. The van der Waals surface area contributed by atoms with Gasteiger partial charge in [-0.15, -0.1) is 11.3 Å². The Hall–Kier alpha value is -0.430. The van der Waals surface area contributed by atoms with Crippen LogP contribution in [0.2, 0.25) is 0 Å². The summed E-state index contributed by atoms with van der Waals surface area (Å²) in [5, 5.41) is 5.32. The third-order valence-electron chi connectivity index (χ3n) is 3.70. The highest BCUT2D eigenvalue weighted by atomic mass is 32.2. The number of hydrogen-bond donors (Lipinski definition) is 2. The minimum Gasteiger partial charge on any atom is -0.310 e. The number of rotatable bonds is 6. The van der Waals surface area contributed by atoms with Crippen molar-refractivity contribution >= 4 is 21.4 Å². The standard InChI is InChI=1S/C14H24N2O2S2/c1-10(14(2,3)4)16-20(17,18)13-7-11(9-19-13)8-15-12-5-6-12/h7,9-10,12,15-16H,5-6,8H2,1-4H3. The Bertz CT molecular complexity index is 554. The lowest BCUT2D eigenvalue weighted by Gasteiger charge is -2.27. The molecule has 1 aliphatic carbocycles. The Balaban J connectivity index is 2.01. The summed E-state index contributed by atoms with van der Waals surface area (Å²) in [4.78, 5) is 0. The summed E-state index contributed by atoms with van der Waals surface area (Å²) < 4.78 is 27.8. The Morgan fingerprint density at radius 2 is 2.05 bits per heavy atom. The van der Waals surface area contributed by atoms with Gasteiger partial charge in [-0.3, -0.25) is 0 Å². The van der Waals surface area contributed by atoms with Crippen LogP contribution in [0, 0.1) is 5.41 Å². The second kappa shape index (κ2) is 5.75. The first-order valence-electron chi connectivity index (χ1n) is 7.01. The van der Waals surface area contributed by atoms with Crippen LogP contribution < -0.4 is 10.0 Å². The van der Waals surface area contributed by atoms with Crippen molar-refractivity contribution in [2.75, 3.05) is 0 Å². The first-order chi connectivity index (χ1) is 9.18. The molecule has 2 N–H and O–H groups in total. The van der Waals surface area contributed by atoms with Gasteiger partial charge in [0.05, 0.1) is 0 Å². The molecular weight excluding hydrogens is 292 g/mol. The molecule has 1 atom stereocenters. The molecule has 0 saturated heterocycles. The predicted molar refractivity (Wildman–Crippen MR) is 83.4 cm³/mol. The van der Waals surface area contributed by atoms with Crippen molar-refractivity contribution in [1.29, 1.82) is 0 Å². The maximum Gasteiger partial charge on any atom is 0.250 e. The first-order valence-corrected chi connectivity index (χ1v) is 9.38. The molecule has 1 aromatic heterocycles. The molecule has 2 rings (SSSR count). The van der Waals surface area contributed by atoms with Gasteiger partial charge in [-0.2, -0.15) is 0 Å². The Morgan fingerprint density at radius 1 is 1.40 bits per heavy atom. The molecule has 0 aromatic carbocycles. The molecule has 1 aliphatic rings. The molecule has 1 fully saturated rings. The van der Waals surface area contributed by atoms with Crippen LogP contribution in [-0.2, 0) is 16.6 Å². The topological polar surface area (TPSA) is 58.2 Å². The van der Waals surface area contributed by atoms with Crippen LogP contribution in [0.25, 0.3) is 0 Å². The lowest BCUT2D eigenvalue weighted by molar-refractivity contribution is 0.318. The van der Waals surface area contributed by atoms with Crippen molar-refractivity contribution in [2.24, 2.45) is 5.41 Å². The summed E-state index contributed by atoms with van der Waals surface area (Å²) in [6.45, 7) is 8.74. The molecule has 0 amide bonds. The second-order valence-corrected chi connectivity index (χ2v) is 9.49. The van der Waals surface area contributed by atoms with Gasteiger partial charge < -0.3 is 5.32 Å². The zero-order chi connectivity index (χ0) is 15.0. The van der Waals surface area contributed by atoms with Gasteiger partial charge in [-0.1, -0.05) is 20.8 Å². The Labute approximate surface area is 126 Å². The van der Waals surface area contributed by atoms with Crippen LogP contribution in [0.15, 0.2) is 15.7 Å². The van der Waals surface area contributed by atoms with Crippen molar-refractivity contribution in [2.45, 2.75) is 63.4 Å². The summed E-state index contributed by atoms with van der Waals surface area (Å²) in [6, 6.07) is 2.30. The van der Waals surface area contributed by atoms with E-state index in [0.29, 0.717) is 10.3 Å². The Kier molecular flexibility index (Phi) is 4.59. The van der Waals surface area contributed by atoms with Crippen molar-refractivity contribution < 1.29 is 8.42 Å². The van der Waals surface area contributed by atoms with Crippen LogP contribution in [-0.4, -0.2) is 20.5 Å². The molecule has 6 heteroatoms. The van der Waals surface area contributed by atoms with Gasteiger partial charge >= 0.3 is 0 Å². The van der Waals surface area contributed by atoms with Crippen LogP contribution in [0.1, 0.15) is 46.1 Å². The molecule has 1 heterocycles. The minimum absolute atomic E-state index is 0.0965. The zero-order valence-electron chi connectivity index (χ0n) is 12.6. The van der Waals surface area contributed by atoms with Crippen molar-refractivity contribution in [3.05, 3.63) is 17.0 Å². The van der Waals surface area contributed by atoms with Gasteiger partial charge in [0.1, 0.15) is 4.21 Å². The maximum atomic E-state index is 12.3. The molecule has 1 aromatic rings. The molecule has 20 heavy (non-hydrogen) atoms. The summed E-state index contributed by atoms with van der Waals surface area (Å²) in [5.41, 5.74) is 0.950. The van der Waals surface area contributed by atoms with Crippen LogP contribution in [0.4, 0.5) is 0 Å². The molecule has 4 nitrogen and oxygen atoms in total. The van der Waals surface area contributed by atoms with E-state index in [1.54, 1.807) is 6.07 Å². The largest absolute Gasteiger partial charge is 0.310 e. The molecular formula is C14H24N2O2S2. The van der Waals surface area contributed by atoms with E-state index < -0.39 is 10.0 Å². The van der Waals surface area contributed by atoms with E-state index in [4.69, 9.17) is 0 Å². The normalized spacial score (nSPS) is 18.2. The summed E-state index contributed by atoms with van der Waals surface area (Å²) >= 11 is 1.29. The molecule has 0 radical (unpaired) electrons.